The first-order valence-corrected chi connectivity index (χ1v) is 14.2. The topological polar surface area (TPSA) is 135 Å². The quantitative estimate of drug-likeness (QED) is 0.502. The van der Waals surface area contributed by atoms with Gasteiger partial charge in [0.1, 0.15) is 23.2 Å². The summed E-state index contributed by atoms with van der Waals surface area (Å²) in [6, 6.07) is 0. The molecule has 1 saturated carbocycles. The number of aliphatic hydroxyl groups is 1. The van der Waals surface area contributed by atoms with E-state index in [9.17, 15) is 24.3 Å². The Balaban J connectivity index is 1.36. The minimum absolute atomic E-state index is 0.0546. The smallest absolute Gasteiger partial charge is 0.339 e. The fraction of sp³-hybridized carbons (Fsp3) is 0.733. The van der Waals surface area contributed by atoms with Crippen LogP contribution in [0.5, 0.6) is 0 Å². The fourth-order valence-electron chi connectivity index (χ4n) is 8.68. The van der Waals surface area contributed by atoms with Crippen LogP contribution in [0.2, 0.25) is 0 Å². The third-order valence-corrected chi connectivity index (χ3v) is 10.6. The molecule has 0 aromatic carbocycles. The molecule has 5 heterocycles. The number of methoxy groups -OCH3 is 1. The van der Waals surface area contributed by atoms with Crippen molar-refractivity contribution in [2.24, 2.45) is 23.2 Å². The second-order valence-electron chi connectivity index (χ2n) is 13.2. The Labute approximate surface area is 233 Å². The van der Waals surface area contributed by atoms with Crippen molar-refractivity contribution in [3.8, 4) is 0 Å². The molecule has 218 valence electrons. The molecule has 0 aromatic rings. The summed E-state index contributed by atoms with van der Waals surface area (Å²) in [5, 5.41) is 10.3. The van der Waals surface area contributed by atoms with Gasteiger partial charge in [-0.15, -0.1) is 0 Å². The molecular formula is C30H38O10. The summed E-state index contributed by atoms with van der Waals surface area (Å²) in [4.78, 5) is 52.6. The summed E-state index contributed by atoms with van der Waals surface area (Å²) in [7, 11) is 1.44. The normalized spacial score (nSPS) is 47.5. The van der Waals surface area contributed by atoms with Gasteiger partial charge in [0.2, 0.25) is 5.79 Å². The van der Waals surface area contributed by atoms with Gasteiger partial charge in [-0.3, -0.25) is 14.4 Å². The molecular weight excluding hydrogens is 520 g/mol. The Hall–Kier alpha value is -2.40. The van der Waals surface area contributed by atoms with E-state index >= 15 is 0 Å². The van der Waals surface area contributed by atoms with E-state index in [0.29, 0.717) is 37.0 Å². The molecule has 5 fully saturated rings. The molecule has 4 saturated heterocycles. The van der Waals surface area contributed by atoms with Gasteiger partial charge in [0.25, 0.3) is 0 Å². The molecule has 10 nitrogen and oxygen atoms in total. The van der Waals surface area contributed by atoms with E-state index in [1.807, 2.05) is 13.8 Å². The van der Waals surface area contributed by atoms with Crippen LogP contribution in [0, 0.1) is 23.2 Å². The Bertz CT molecular complexity index is 1250. The van der Waals surface area contributed by atoms with E-state index in [2.05, 4.69) is 0 Å². The number of allylic oxidation sites excluding steroid dienone is 2. The van der Waals surface area contributed by atoms with Crippen LogP contribution >= 0.6 is 0 Å². The number of cyclic esters (lactones) is 1. The molecule has 2 spiro atoms. The number of esters is 2. The van der Waals surface area contributed by atoms with Crippen LogP contribution in [-0.2, 0) is 42.9 Å². The number of Topliss-reactive ketones (excluding diaryl/α,β-unsaturated/α-hetero) is 2. The summed E-state index contributed by atoms with van der Waals surface area (Å²) in [5.41, 5.74) is -3.46. The SMILES string of the molecule is COC12CC(C)(C(=O)C(C)C=C3C=C(C)C(=O)O3)CCC3(CC45OC(=O)CC4OC(C)(CO)C5CCC3C1=O)O2. The van der Waals surface area contributed by atoms with Crippen molar-refractivity contribution in [1.82, 2.24) is 0 Å². The molecule has 0 amide bonds. The van der Waals surface area contributed by atoms with Crippen LogP contribution in [0.15, 0.2) is 23.5 Å². The summed E-state index contributed by atoms with van der Waals surface area (Å²) in [6.45, 7) is 6.86. The lowest BCUT2D eigenvalue weighted by molar-refractivity contribution is -0.247. The second kappa shape index (κ2) is 8.80. The van der Waals surface area contributed by atoms with Crippen LogP contribution in [0.4, 0.5) is 0 Å². The number of aliphatic hydroxyl groups excluding tert-OH is 1. The number of ketones is 2. The van der Waals surface area contributed by atoms with Gasteiger partial charge in [-0.05, 0) is 51.7 Å². The Morgan fingerprint density at radius 1 is 1.20 bits per heavy atom. The summed E-state index contributed by atoms with van der Waals surface area (Å²) in [5.74, 6) is -3.75. The summed E-state index contributed by atoms with van der Waals surface area (Å²) < 4.78 is 30.3. The average molecular weight is 559 g/mol. The first-order chi connectivity index (χ1) is 18.8. The summed E-state index contributed by atoms with van der Waals surface area (Å²) in [6.07, 6.45) is 4.89. The molecule has 40 heavy (non-hydrogen) atoms. The highest BCUT2D eigenvalue weighted by molar-refractivity contribution is 5.95. The molecule has 10 heteroatoms. The van der Waals surface area contributed by atoms with Crippen molar-refractivity contribution >= 4 is 23.5 Å². The minimum atomic E-state index is -1.61. The Kier molecular flexibility index (Phi) is 6.11. The van der Waals surface area contributed by atoms with E-state index in [1.165, 1.54) is 7.11 Å². The number of rotatable bonds is 5. The highest BCUT2D eigenvalue weighted by atomic mass is 16.7. The van der Waals surface area contributed by atoms with Crippen molar-refractivity contribution in [1.29, 1.82) is 0 Å². The summed E-state index contributed by atoms with van der Waals surface area (Å²) >= 11 is 0. The van der Waals surface area contributed by atoms with Gasteiger partial charge in [-0.1, -0.05) is 13.8 Å². The zero-order valence-corrected chi connectivity index (χ0v) is 23.7. The first kappa shape index (κ1) is 27.8. The van der Waals surface area contributed by atoms with Crippen molar-refractivity contribution in [2.75, 3.05) is 13.7 Å². The highest BCUT2D eigenvalue weighted by Gasteiger charge is 2.75. The fourth-order valence-corrected chi connectivity index (χ4v) is 8.68. The number of ether oxygens (including phenoxy) is 5. The standard InChI is InChI=1S/C30H38O10/c1-16(10-18-11-17(2)25(35)37-18)23(33)26(3)8-9-28-14-29-20(27(4,15-31)38-21(29)12-22(32)39-29)7-6-19(28)24(34)30(13-26,36-5)40-28/h10-11,16,19-21,31H,6-9,12-15H2,1-5H3. The van der Waals surface area contributed by atoms with Gasteiger partial charge in [0.15, 0.2) is 5.78 Å². The van der Waals surface area contributed by atoms with Crippen molar-refractivity contribution in [2.45, 2.75) is 101 Å². The van der Waals surface area contributed by atoms with Crippen LogP contribution in [0.1, 0.15) is 72.6 Å². The van der Waals surface area contributed by atoms with Gasteiger partial charge in [-0.25, -0.2) is 4.79 Å². The maximum absolute atomic E-state index is 14.2. The molecule has 9 unspecified atom stereocenters. The first-order valence-electron chi connectivity index (χ1n) is 14.2. The maximum Gasteiger partial charge on any atom is 0.339 e. The van der Waals surface area contributed by atoms with Gasteiger partial charge in [0, 0.05) is 42.8 Å². The van der Waals surface area contributed by atoms with Crippen molar-refractivity contribution in [3.05, 3.63) is 23.5 Å². The van der Waals surface area contributed by atoms with Gasteiger partial charge < -0.3 is 28.8 Å². The maximum atomic E-state index is 14.2. The molecule has 1 aliphatic carbocycles. The number of carbonyl (C=O) groups is 4. The minimum Gasteiger partial charge on any atom is -0.456 e. The van der Waals surface area contributed by atoms with Crippen LogP contribution in [0.25, 0.3) is 0 Å². The van der Waals surface area contributed by atoms with Gasteiger partial charge in [-0.2, -0.15) is 0 Å². The molecule has 0 aromatic heterocycles. The van der Waals surface area contributed by atoms with E-state index < -0.39 is 51.9 Å². The molecule has 6 aliphatic rings. The number of fused-ring (bicyclic) bond motifs is 1. The average Bonchev–Trinajstić information content (AvgIpc) is 3.44. The molecule has 1 N–H and O–H groups in total. The van der Waals surface area contributed by atoms with E-state index in [-0.39, 0.29) is 49.3 Å². The monoisotopic (exact) mass is 558 g/mol. The van der Waals surface area contributed by atoms with E-state index in [1.54, 1.807) is 26.0 Å². The number of hydrogen-bond acceptors (Lipinski definition) is 10. The molecule has 6 rings (SSSR count). The van der Waals surface area contributed by atoms with Crippen LogP contribution in [0.3, 0.4) is 0 Å². The number of carbonyl (C=O) groups excluding carboxylic acids is 4. The lowest BCUT2D eigenvalue weighted by atomic mass is 9.64. The Morgan fingerprint density at radius 2 is 1.95 bits per heavy atom. The van der Waals surface area contributed by atoms with E-state index in [4.69, 9.17) is 23.7 Å². The predicted octanol–water partition coefficient (Wildman–Crippen LogP) is 2.70. The van der Waals surface area contributed by atoms with E-state index in [0.717, 1.165) is 0 Å². The Morgan fingerprint density at radius 3 is 2.60 bits per heavy atom. The lowest BCUT2D eigenvalue weighted by Crippen LogP contribution is -2.51. The molecule has 5 aliphatic heterocycles. The third kappa shape index (κ3) is 3.68. The van der Waals surface area contributed by atoms with Crippen molar-refractivity contribution in [3.63, 3.8) is 0 Å². The van der Waals surface area contributed by atoms with Gasteiger partial charge in [0.05, 0.1) is 30.1 Å². The van der Waals surface area contributed by atoms with Crippen LogP contribution in [-0.4, -0.2) is 71.0 Å². The lowest BCUT2D eigenvalue weighted by Gasteiger charge is -2.41. The largest absolute Gasteiger partial charge is 0.456 e. The number of hydrogen-bond donors (Lipinski definition) is 1. The predicted molar refractivity (Wildman–Crippen MR) is 137 cm³/mol. The van der Waals surface area contributed by atoms with Gasteiger partial charge >= 0.3 is 11.9 Å². The molecule has 9 atom stereocenters. The third-order valence-electron chi connectivity index (χ3n) is 10.6. The highest BCUT2D eigenvalue weighted by Crippen LogP contribution is 2.64. The molecule has 0 radical (unpaired) electrons. The zero-order valence-electron chi connectivity index (χ0n) is 23.7. The second-order valence-corrected chi connectivity index (χ2v) is 13.2. The molecule has 2 bridgehead atoms. The zero-order chi connectivity index (χ0) is 28.9. The van der Waals surface area contributed by atoms with Crippen molar-refractivity contribution < 1.29 is 48.0 Å². The van der Waals surface area contributed by atoms with Crippen LogP contribution < -0.4 is 0 Å².